The third-order valence-electron chi connectivity index (χ3n) is 16.1. The number of hydrogen-bond acceptors (Lipinski definition) is 6. The standard InChI is InChI=1S/C74H136O6/c1-4-7-10-13-16-19-21-23-25-27-29-31-33-35-37-39-41-43-45-47-49-51-53-55-58-61-64-67-73(76)79-70-71(69-78-72(75)66-63-60-57-18-15-12-9-6-3)80-74(77)68-65-62-59-56-54-52-50-48-46-44-42-40-38-36-34-32-30-28-26-24-22-20-17-14-11-8-5-2/h21-24,27-30,71H,4-20,25-26,31-70H2,1-3H3/b23-21-,24-22-,29-27-,30-28-. The van der Waals surface area contributed by atoms with Crippen LogP contribution in [0.1, 0.15) is 387 Å². The molecule has 0 aliphatic heterocycles. The molecule has 0 aliphatic rings. The molecule has 6 nitrogen and oxygen atoms in total. The minimum atomic E-state index is -0.770. The van der Waals surface area contributed by atoms with E-state index in [-0.39, 0.29) is 31.1 Å². The summed E-state index contributed by atoms with van der Waals surface area (Å²) >= 11 is 0. The molecule has 1 atom stereocenters. The van der Waals surface area contributed by atoms with Crippen LogP contribution in [0.4, 0.5) is 0 Å². The molecule has 0 bridgehead atoms. The fraction of sp³-hybridized carbons (Fsp3) is 0.851. The topological polar surface area (TPSA) is 78.9 Å². The second-order valence-corrected chi connectivity index (χ2v) is 24.1. The number of carbonyl (C=O) groups excluding carboxylic acids is 3. The van der Waals surface area contributed by atoms with Crippen molar-refractivity contribution in [3.05, 3.63) is 48.6 Å². The van der Waals surface area contributed by atoms with Crippen molar-refractivity contribution in [3.63, 3.8) is 0 Å². The zero-order chi connectivity index (χ0) is 57.8. The minimum Gasteiger partial charge on any atom is -0.462 e. The molecular weight excluding hydrogens is 985 g/mol. The molecule has 0 N–H and O–H groups in total. The third kappa shape index (κ3) is 66.2. The lowest BCUT2D eigenvalue weighted by Crippen LogP contribution is -2.30. The molecule has 0 aromatic rings. The molecule has 0 aromatic carbocycles. The maximum Gasteiger partial charge on any atom is 0.306 e. The molecule has 0 saturated heterocycles. The molecule has 0 spiro atoms. The van der Waals surface area contributed by atoms with Crippen molar-refractivity contribution in [2.75, 3.05) is 13.2 Å². The second-order valence-electron chi connectivity index (χ2n) is 24.1. The Morgan fingerprint density at radius 2 is 0.450 bits per heavy atom. The number of rotatable bonds is 66. The van der Waals surface area contributed by atoms with Gasteiger partial charge in [0.1, 0.15) is 13.2 Å². The van der Waals surface area contributed by atoms with Crippen LogP contribution < -0.4 is 0 Å². The summed E-state index contributed by atoms with van der Waals surface area (Å²) in [6.07, 6.45) is 87.4. The zero-order valence-electron chi connectivity index (χ0n) is 53.9. The number of ether oxygens (including phenoxy) is 3. The first-order valence-corrected chi connectivity index (χ1v) is 35.6. The van der Waals surface area contributed by atoms with E-state index >= 15 is 0 Å². The first-order chi connectivity index (χ1) is 39.5. The molecular formula is C74H136O6. The summed E-state index contributed by atoms with van der Waals surface area (Å²) in [5, 5.41) is 0. The van der Waals surface area contributed by atoms with Crippen molar-refractivity contribution in [2.24, 2.45) is 0 Å². The van der Waals surface area contributed by atoms with Gasteiger partial charge >= 0.3 is 17.9 Å². The Morgan fingerprint density at radius 1 is 0.250 bits per heavy atom. The van der Waals surface area contributed by atoms with Gasteiger partial charge in [-0.15, -0.1) is 0 Å². The predicted molar refractivity (Wildman–Crippen MR) is 349 cm³/mol. The van der Waals surface area contributed by atoms with E-state index in [1.54, 1.807) is 0 Å². The highest BCUT2D eigenvalue weighted by molar-refractivity contribution is 5.71. The van der Waals surface area contributed by atoms with E-state index in [2.05, 4.69) is 69.4 Å². The van der Waals surface area contributed by atoms with Crippen molar-refractivity contribution in [1.29, 1.82) is 0 Å². The van der Waals surface area contributed by atoms with Crippen LogP contribution in [0.25, 0.3) is 0 Å². The van der Waals surface area contributed by atoms with Crippen LogP contribution in [-0.4, -0.2) is 37.2 Å². The summed E-state index contributed by atoms with van der Waals surface area (Å²) < 4.78 is 16.9. The molecule has 0 heterocycles. The number of unbranched alkanes of at least 4 members (excludes halogenated alkanes) is 47. The van der Waals surface area contributed by atoms with Gasteiger partial charge in [-0.3, -0.25) is 14.4 Å². The number of carbonyl (C=O) groups is 3. The average molecular weight is 1120 g/mol. The summed E-state index contributed by atoms with van der Waals surface area (Å²) in [7, 11) is 0. The second kappa shape index (κ2) is 68.9. The van der Waals surface area contributed by atoms with Crippen LogP contribution in [0.15, 0.2) is 48.6 Å². The smallest absolute Gasteiger partial charge is 0.306 e. The Balaban J connectivity index is 4.07. The van der Waals surface area contributed by atoms with Gasteiger partial charge < -0.3 is 14.2 Å². The van der Waals surface area contributed by atoms with E-state index in [0.717, 1.165) is 70.6 Å². The Labute approximate surface area is 498 Å². The Kier molecular flexibility index (Phi) is 66.6. The van der Waals surface area contributed by atoms with Gasteiger partial charge in [0.05, 0.1) is 0 Å². The van der Waals surface area contributed by atoms with E-state index < -0.39 is 6.10 Å². The van der Waals surface area contributed by atoms with Gasteiger partial charge in [0.25, 0.3) is 0 Å². The van der Waals surface area contributed by atoms with Crippen LogP contribution in [0, 0.1) is 0 Å². The van der Waals surface area contributed by atoms with Crippen molar-refractivity contribution < 1.29 is 28.6 Å². The largest absolute Gasteiger partial charge is 0.462 e. The third-order valence-corrected chi connectivity index (χ3v) is 16.1. The van der Waals surface area contributed by atoms with Crippen LogP contribution >= 0.6 is 0 Å². The zero-order valence-corrected chi connectivity index (χ0v) is 53.9. The van der Waals surface area contributed by atoms with Gasteiger partial charge in [-0.1, -0.05) is 333 Å². The number of esters is 3. The Hall–Kier alpha value is -2.63. The van der Waals surface area contributed by atoms with Gasteiger partial charge in [-0.2, -0.15) is 0 Å². The van der Waals surface area contributed by atoms with Gasteiger partial charge in [0.2, 0.25) is 0 Å². The normalized spacial score (nSPS) is 12.3. The summed E-state index contributed by atoms with van der Waals surface area (Å²) in [5.74, 6) is -0.848. The van der Waals surface area contributed by atoms with Crippen molar-refractivity contribution >= 4 is 17.9 Å². The lowest BCUT2D eigenvalue weighted by atomic mass is 10.0. The van der Waals surface area contributed by atoms with E-state index in [0.29, 0.717) is 19.3 Å². The molecule has 468 valence electrons. The molecule has 1 unspecified atom stereocenters. The van der Waals surface area contributed by atoms with Crippen molar-refractivity contribution in [2.45, 2.75) is 393 Å². The van der Waals surface area contributed by atoms with Crippen LogP contribution in [0.3, 0.4) is 0 Å². The molecule has 80 heavy (non-hydrogen) atoms. The Bertz CT molecular complexity index is 1380. The monoisotopic (exact) mass is 1120 g/mol. The van der Waals surface area contributed by atoms with Crippen molar-refractivity contribution in [3.8, 4) is 0 Å². The quantitative estimate of drug-likeness (QED) is 0.0261. The number of allylic oxidation sites excluding steroid dienone is 8. The molecule has 0 radical (unpaired) electrons. The molecule has 0 rings (SSSR count). The lowest BCUT2D eigenvalue weighted by Gasteiger charge is -2.18. The van der Waals surface area contributed by atoms with E-state index in [1.165, 1.54) is 276 Å². The molecule has 0 saturated carbocycles. The van der Waals surface area contributed by atoms with Gasteiger partial charge in [-0.25, -0.2) is 0 Å². The van der Waals surface area contributed by atoms with Crippen LogP contribution in [-0.2, 0) is 28.6 Å². The summed E-state index contributed by atoms with van der Waals surface area (Å²) in [6, 6.07) is 0. The SMILES string of the molecule is CCCCCCC/C=C\C/C=C\CCCCCCCCCCCCCCCCCC(=O)OCC(COC(=O)CCCCCCCCCC)OC(=O)CCCCCCCCCCCCCCCCC/C=C\C/C=C\CCCCCCC. The fourth-order valence-electron chi connectivity index (χ4n) is 10.7. The fourth-order valence-corrected chi connectivity index (χ4v) is 10.7. The van der Waals surface area contributed by atoms with Crippen LogP contribution in [0.2, 0.25) is 0 Å². The van der Waals surface area contributed by atoms with E-state index in [1.807, 2.05) is 0 Å². The van der Waals surface area contributed by atoms with E-state index in [9.17, 15) is 14.4 Å². The lowest BCUT2D eigenvalue weighted by molar-refractivity contribution is -0.167. The molecule has 0 amide bonds. The molecule has 0 aliphatic carbocycles. The Morgan fingerprint density at radius 3 is 0.688 bits per heavy atom. The summed E-state index contributed by atoms with van der Waals surface area (Å²) in [4.78, 5) is 38.3. The number of hydrogen-bond donors (Lipinski definition) is 0. The maximum atomic E-state index is 12.9. The van der Waals surface area contributed by atoms with Gasteiger partial charge in [0.15, 0.2) is 6.10 Å². The summed E-state index contributed by atoms with van der Waals surface area (Å²) in [5.41, 5.74) is 0. The molecule has 0 fully saturated rings. The highest BCUT2D eigenvalue weighted by Gasteiger charge is 2.19. The summed E-state index contributed by atoms with van der Waals surface area (Å²) in [6.45, 7) is 6.65. The minimum absolute atomic E-state index is 0.0682. The molecule has 6 heteroatoms. The first-order valence-electron chi connectivity index (χ1n) is 35.6. The van der Waals surface area contributed by atoms with Gasteiger partial charge in [-0.05, 0) is 83.5 Å². The molecule has 0 aromatic heterocycles. The van der Waals surface area contributed by atoms with Crippen LogP contribution in [0.5, 0.6) is 0 Å². The average Bonchev–Trinajstić information content (AvgIpc) is 3.46. The van der Waals surface area contributed by atoms with Crippen molar-refractivity contribution in [1.82, 2.24) is 0 Å². The van der Waals surface area contributed by atoms with E-state index in [4.69, 9.17) is 14.2 Å². The maximum absolute atomic E-state index is 12.9. The highest BCUT2D eigenvalue weighted by atomic mass is 16.6. The predicted octanol–water partition coefficient (Wildman–Crippen LogP) is 24.5. The first kappa shape index (κ1) is 77.4. The highest BCUT2D eigenvalue weighted by Crippen LogP contribution is 2.18. The van der Waals surface area contributed by atoms with Gasteiger partial charge in [0, 0.05) is 19.3 Å².